The van der Waals surface area contributed by atoms with Crippen molar-refractivity contribution >= 4 is 17.8 Å². The number of likely N-dealkylation sites (N-methyl/N-ethyl adjacent to an activating group) is 2. The zero-order valence-electron chi connectivity index (χ0n) is 11.8. The maximum absolute atomic E-state index is 11.8. The van der Waals surface area contributed by atoms with Crippen molar-refractivity contribution < 1.29 is 19.5 Å². The lowest BCUT2D eigenvalue weighted by atomic mass is 10.1. The Balaban J connectivity index is 3.04. The van der Waals surface area contributed by atoms with E-state index in [-0.39, 0.29) is 11.3 Å². The molecule has 0 atom stereocenters. The van der Waals surface area contributed by atoms with Crippen molar-refractivity contribution in [2.45, 2.75) is 0 Å². The van der Waals surface area contributed by atoms with E-state index in [1.54, 1.807) is 17.2 Å². The molecule has 4 amide bonds. The smallest absolute Gasteiger partial charge is 0.333 e. The van der Waals surface area contributed by atoms with Crippen molar-refractivity contribution in [3.63, 3.8) is 0 Å². The van der Waals surface area contributed by atoms with Crippen LogP contribution in [-0.4, -0.2) is 65.8 Å². The topological polar surface area (TPSA) is 81.2 Å². The molecule has 0 aromatic carbocycles. The van der Waals surface area contributed by atoms with E-state index < -0.39 is 17.8 Å². The minimum atomic E-state index is -0.741. The third kappa shape index (κ3) is 3.25. The first-order valence-electron chi connectivity index (χ1n) is 5.81. The molecule has 0 bridgehead atoms. The zero-order valence-corrected chi connectivity index (χ0v) is 11.8. The van der Waals surface area contributed by atoms with E-state index in [9.17, 15) is 19.5 Å². The molecule has 0 spiro atoms. The van der Waals surface area contributed by atoms with Gasteiger partial charge >= 0.3 is 6.03 Å². The first-order chi connectivity index (χ1) is 9.25. The van der Waals surface area contributed by atoms with Crippen LogP contribution >= 0.6 is 0 Å². The van der Waals surface area contributed by atoms with Crippen LogP contribution in [0.15, 0.2) is 35.8 Å². The van der Waals surface area contributed by atoms with Crippen LogP contribution in [0.4, 0.5) is 4.79 Å². The molecule has 108 valence electrons. The van der Waals surface area contributed by atoms with Crippen molar-refractivity contribution in [2.75, 3.05) is 28.2 Å². The molecule has 1 saturated heterocycles. The summed E-state index contributed by atoms with van der Waals surface area (Å²) in [4.78, 5) is 38.6. The highest BCUT2D eigenvalue weighted by Gasteiger charge is 2.37. The molecule has 0 saturated carbocycles. The first kappa shape index (κ1) is 15.5. The van der Waals surface area contributed by atoms with Gasteiger partial charge in [-0.15, -0.1) is 0 Å². The molecule has 1 aliphatic heterocycles. The number of rotatable bonds is 3. The molecule has 1 fully saturated rings. The summed E-state index contributed by atoms with van der Waals surface area (Å²) in [6, 6.07) is -0.701. The van der Waals surface area contributed by atoms with Crippen LogP contribution in [-0.2, 0) is 9.59 Å². The van der Waals surface area contributed by atoms with E-state index in [4.69, 9.17) is 0 Å². The molecular formula is C13H17N3O4. The quantitative estimate of drug-likeness (QED) is 0.352. The molecule has 7 nitrogen and oxygen atoms in total. The number of urea groups is 1. The number of imide groups is 2. The first-order valence-corrected chi connectivity index (χ1v) is 5.81. The van der Waals surface area contributed by atoms with E-state index in [0.29, 0.717) is 0 Å². The Morgan fingerprint density at radius 3 is 2.05 bits per heavy atom. The highest BCUT2D eigenvalue weighted by Crippen LogP contribution is 2.15. The lowest BCUT2D eigenvalue weighted by Gasteiger charge is -2.28. The average molecular weight is 279 g/mol. The zero-order chi connectivity index (χ0) is 15.4. The highest BCUT2D eigenvalue weighted by molar-refractivity contribution is 6.28. The summed E-state index contributed by atoms with van der Waals surface area (Å²) in [5, 5.41) is 9.68. The van der Waals surface area contributed by atoms with Gasteiger partial charge in [0.15, 0.2) is 0 Å². The Labute approximate surface area is 117 Å². The average Bonchev–Trinajstić information content (AvgIpc) is 2.39. The second-order valence-electron chi connectivity index (χ2n) is 4.47. The van der Waals surface area contributed by atoms with Gasteiger partial charge in [0.25, 0.3) is 11.8 Å². The molecule has 0 aliphatic carbocycles. The second kappa shape index (κ2) is 6.05. The van der Waals surface area contributed by atoms with Crippen LogP contribution < -0.4 is 0 Å². The lowest BCUT2D eigenvalue weighted by Crippen LogP contribution is -2.53. The number of aliphatic hydroxyl groups is 1. The molecular weight excluding hydrogens is 262 g/mol. The van der Waals surface area contributed by atoms with Crippen molar-refractivity contribution in [3.05, 3.63) is 35.8 Å². The molecule has 0 radical (unpaired) electrons. The van der Waals surface area contributed by atoms with E-state index in [0.717, 1.165) is 15.9 Å². The van der Waals surface area contributed by atoms with Gasteiger partial charge in [-0.25, -0.2) is 4.79 Å². The second-order valence-corrected chi connectivity index (χ2v) is 4.47. The molecule has 20 heavy (non-hydrogen) atoms. The molecule has 1 aliphatic rings. The van der Waals surface area contributed by atoms with Gasteiger partial charge in [0.1, 0.15) is 11.3 Å². The number of nitrogens with zero attached hydrogens (tertiary/aromatic N) is 3. The fourth-order valence-corrected chi connectivity index (χ4v) is 1.48. The standard InChI is InChI=1S/C13H17N3O4/c1-14(2)7-5-6-9(17)8-10-11(18)15(3)13(20)16(4)12(10)19/h5-8,17H,1-4H3/b7-5+,9-6-. The monoisotopic (exact) mass is 279 g/mol. The summed E-state index contributed by atoms with van der Waals surface area (Å²) in [6.45, 7) is 0. The summed E-state index contributed by atoms with van der Waals surface area (Å²) in [6.07, 6.45) is 5.62. The number of aliphatic hydroxyl groups excluding tert-OH is 1. The number of barbiturate groups is 1. The maximum Gasteiger partial charge on any atom is 0.333 e. The molecule has 1 rings (SSSR count). The van der Waals surface area contributed by atoms with Gasteiger partial charge in [-0.1, -0.05) is 0 Å². The fraction of sp³-hybridized carbons (Fsp3) is 0.308. The normalized spacial score (nSPS) is 17.3. The molecule has 1 heterocycles. The van der Waals surface area contributed by atoms with E-state index in [1.807, 2.05) is 14.1 Å². The summed E-state index contributed by atoms with van der Waals surface area (Å²) in [5.41, 5.74) is -0.262. The Hall–Kier alpha value is -2.57. The number of carbonyl (C=O) groups excluding carboxylic acids is 3. The van der Waals surface area contributed by atoms with Crippen LogP contribution in [0.1, 0.15) is 0 Å². The van der Waals surface area contributed by atoms with Crippen molar-refractivity contribution in [3.8, 4) is 0 Å². The summed E-state index contributed by atoms with van der Waals surface area (Å²) in [7, 11) is 6.16. The van der Waals surface area contributed by atoms with Gasteiger partial charge in [-0.2, -0.15) is 0 Å². The number of allylic oxidation sites excluding steroid dienone is 3. The van der Waals surface area contributed by atoms with Gasteiger partial charge in [-0.05, 0) is 24.4 Å². The number of carbonyl (C=O) groups is 3. The van der Waals surface area contributed by atoms with Crippen LogP contribution in [0.2, 0.25) is 0 Å². The Bertz CT molecular complexity index is 506. The summed E-state index contributed by atoms with van der Waals surface area (Å²) >= 11 is 0. The number of hydrogen-bond donors (Lipinski definition) is 1. The predicted octanol–water partition coefficient (Wildman–Crippen LogP) is 0.480. The van der Waals surface area contributed by atoms with Crippen LogP contribution in [0.5, 0.6) is 0 Å². The minimum Gasteiger partial charge on any atom is -0.508 e. The van der Waals surface area contributed by atoms with Crippen molar-refractivity contribution in [1.29, 1.82) is 0 Å². The molecule has 0 unspecified atom stereocenters. The van der Waals surface area contributed by atoms with Crippen molar-refractivity contribution in [1.82, 2.24) is 14.7 Å². The minimum absolute atomic E-state index is 0.254. The lowest BCUT2D eigenvalue weighted by molar-refractivity contribution is -0.134. The van der Waals surface area contributed by atoms with E-state index in [1.165, 1.54) is 20.2 Å². The van der Waals surface area contributed by atoms with Gasteiger partial charge in [0, 0.05) is 28.2 Å². The largest absolute Gasteiger partial charge is 0.508 e. The van der Waals surface area contributed by atoms with Crippen LogP contribution in [0.3, 0.4) is 0 Å². The Morgan fingerprint density at radius 2 is 1.60 bits per heavy atom. The van der Waals surface area contributed by atoms with Gasteiger partial charge < -0.3 is 10.0 Å². The number of amides is 4. The predicted molar refractivity (Wildman–Crippen MR) is 72.6 cm³/mol. The van der Waals surface area contributed by atoms with Crippen molar-refractivity contribution in [2.24, 2.45) is 0 Å². The van der Waals surface area contributed by atoms with Gasteiger partial charge in [-0.3, -0.25) is 19.4 Å². The third-order valence-corrected chi connectivity index (χ3v) is 2.59. The van der Waals surface area contributed by atoms with E-state index >= 15 is 0 Å². The Morgan fingerprint density at radius 1 is 1.10 bits per heavy atom. The molecule has 0 aromatic rings. The number of hydrogen-bond acceptors (Lipinski definition) is 5. The SMILES string of the molecule is CN(C)/C=C/C=C(\O)C=C1C(=O)N(C)C(=O)N(C)C1=O. The third-order valence-electron chi connectivity index (χ3n) is 2.59. The van der Waals surface area contributed by atoms with Gasteiger partial charge in [0.05, 0.1) is 0 Å². The van der Waals surface area contributed by atoms with Crippen LogP contribution in [0.25, 0.3) is 0 Å². The van der Waals surface area contributed by atoms with Gasteiger partial charge in [0.2, 0.25) is 0 Å². The summed E-state index contributed by atoms with van der Waals surface area (Å²) < 4.78 is 0. The van der Waals surface area contributed by atoms with Crippen LogP contribution in [0, 0.1) is 0 Å². The maximum atomic E-state index is 11.8. The molecule has 7 heteroatoms. The fourth-order valence-electron chi connectivity index (χ4n) is 1.48. The Kier molecular flexibility index (Phi) is 4.68. The highest BCUT2D eigenvalue weighted by atomic mass is 16.3. The van der Waals surface area contributed by atoms with E-state index in [2.05, 4.69) is 0 Å². The molecule has 0 aromatic heterocycles. The summed E-state index contributed by atoms with van der Waals surface area (Å²) in [5.74, 6) is -1.74. The molecule has 1 N–H and O–H groups in total.